The molecule has 0 saturated heterocycles. The van der Waals surface area contributed by atoms with E-state index in [2.05, 4.69) is 24.1 Å². The van der Waals surface area contributed by atoms with Gasteiger partial charge in [-0.2, -0.15) is 0 Å². The van der Waals surface area contributed by atoms with Gasteiger partial charge in [-0.3, -0.25) is 10.1 Å². The highest BCUT2D eigenvalue weighted by Gasteiger charge is 2.28. The Morgan fingerprint density at radius 1 is 1.58 bits per heavy atom. The molecule has 0 radical (unpaired) electrons. The summed E-state index contributed by atoms with van der Waals surface area (Å²) in [6.07, 6.45) is 5.78. The topological polar surface area (TPSA) is 68.1 Å². The van der Waals surface area contributed by atoms with Crippen LogP contribution in [-0.4, -0.2) is 15.9 Å². The van der Waals surface area contributed by atoms with E-state index in [-0.39, 0.29) is 5.69 Å². The Morgan fingerprint density at radius 2 is 2.32 bits per heavy atom. The van der Waals surface area contributed by atoms with Crippen LogP contribution in [0.15, 0.2) is 12.3 Å². The maximum absolute atomic E-state index is 10.6. The number of rotatable bonds is 3. The zero-order chi connectivity index (χ0) is 14.0. The quantitative estimate of drug-likeness (QED) is 0.672. The molecule has 1 aromatic heterocycles. The molecule has 0 amide bonds. The Hall–Kier alpha value is -1.36. The van der Waals surface area contributed by atoms with Crippen molar-refractivity contribution in [2.75, 3.05) is 5.32 Å². The van der Waals surface area contributed by atoms with Crippen LogP contribution in [0.1, 0.15) is 39.5 Å². The molecular weight excluding hydrogens is 266 g/mol. The number of anilines is 1. The van der Waals surface area contributed by atoms with Crippen LogP contribution in [0.5, 0.6) is 0 Å². The zero-order valence-corrected chi connectivity index (χ0v) is 11.9. The molecule has 1 saturated carbocycles. The van der Waals surface area contributed by atoms with Gasteiger partial charge in [0, 0.05) is 12.1 Å². The zero-order valence-electron chi connectivity index (χ0n) is 11.1. The van der Waals surface area contributed by atoms with Crippen molar-refractivity contribution in [1.29, 1.82) is 0 Å². The maximum atomic E-state index is 10.6. The molecule has 2 rings (SSSR count). The van der Waals surface area contributed by atoms with E-state index in [1.807, 2.05) is 0 Å². The number of hydrogen-bond acceptors (Lipinski definition) is 4. The molecule has 1 atom stereocenters. The summed E-state index contributed by atoms with van der Waals surface area (Å²) in [6, 6.07) is 1.67. The van der Waals surface area contributed by atoms with E-state index >= 15 is 0 Å². The molecule has 0 bridgehead atoms. The minimum atomic E-state index is -0.494. The molecule has 0 spiro atoms. The van der Waals surface area contributed by atoms with Crippen molar-refractivity contribution >= 4 is 23.1 Å². The van der Waals surface area contributed by atoms with Gasteiger partial charge in [0.25, 0.3) is 5.69 Å². The van der Waals surface area contributed by atoms with Gasteiger partial charge in [-0.15, -0.1) is 0 Å². The highest BCUT2D eigenvalue weighted by Crippen LogP contribution is 2.37. The van der Waals surface area contributed by atoms with Gasteiger partial charge < -0.3 is 5.32 Å². The molecule has 1 unspecified atom stereocenters. The van der Waals surface area contributed by atoms with Crippen molar-refractivity contribution in [3.05, 3.63) is 27.4 Å². The second-order valence-electron chi connectivity index (χ2n) is 5.88. The van der Waals surface area contributed by atoms with Crippen molar-refractivity contribution in [1.82, 2.24) is 4.98 Å². The first kappa shape index (κ1) is 14.1. The van der Waals surface area contributed by atoms with Crippen molar-refractivity contribution < 1.29 is 4.92 Å². The average molecular weight is 284 g/mol. The second kappa shape index (κ2) is 5.33. The Labute approximate surface area is 117 Å². The summed E-state index contributed by atoms with van der Waals surface area (Å²) < 4.78 is 0. The van der Waals surface area contributed by atoms with Crippen LogP contribution >= 0.6 is 11.6 Å². The fraction of sp³-hybridized carbons (Fsp3) is 0.615. The summed E-state index contributed by atoms with van der Waals surface area (Å²) in [7, 11) is 0. The standard InChI is InChI=1S/C13H18ClN3O2/c1-13(2)5-3-4-9(7-13)16-12-11(14)6-10(8-15-12)17(18)19/h6,8-9H,3-5,7H2,1-2H3,(H,15,16). The van der Waals surface area contributed by atoms with Crippen molar-refractivity contribution in [3.8, 4) is 0 Å². The largest absolute Gasteiger partial charge is 0.366 e. The predicted octanol–water partition coefficient (Wildman–Crippen LogP) is 4.02. The third-order valence-electron chi connectivity index (χ3n) is 3.58. The molecule has 1 aliphatic rings. The van der Waals surface area contributed by atoms with Gasteiger partial charge in [-0.1, -0.05) is 31.9 Å². The first-order valence-electron chi connectivity index (χ1n) is 6.44. The summed E-state index contributed by atoms with van der Waals surface area (Å²) in [5, 5.41) is 14.2. The summed E-state index contributed by atoms with van der Waals surface area (Å²) in [4.78, 5) is 14.2. The van der Waals surface area contributed by atoms with E-state index in [9.17, 15) is 10.1 Å². The van der Waals surface area contributed by atoms with Gasteiger partial charge in [0.15, 0.2) is 0 Å². The molecule has 1 N–H and O–H groups in total. The summed E-state index contributed by atoms with van der Waals surface area (Å²) in [6.45, 7) is 4.51. The number of nitrogens with one attached hydrogen (secondary N) is 1. The Kier molecular flexibility index (Phi) is 3.94. The van der Waals surface area contributed by atoms with Crippen LogP contribution in [0.2, 0.25) is 5.02 Å². The highest BCUT2D eigenvalue weighted by molar-refractivity contribution is 6.33. The first-order valence-corrected chi connectivity index (χ1v) is 6.82. The minimum Gasteiger partial charge on any atom is -0.366 e. The molecule has 0 aliphatic heterocycles. The molecule has 1 aliphatic carbocycles. The van der Waals surface area contributed by atoms with Gasteiger partial charge in [0.1, 0.15) is 12.0 Å². The second-order valence-corrected chi connectivity index (χ2v) is 6.29. The van der Waals surface area contributed by atoms with Crippen molar-refractivity contribution in [2.45, 2.75) is 45.6 Å². The lowest BCUT2D eigenvalue weighted by atomic mass is 9.75. The van der Waals surface area contributed by atoms with E-state index in [4.69, 9.17) is 11.6 Å². The number of hydrogen-bond donors (Lipinski definition) is 1. The minimum absolute atomic E-state index is 0.0838. The van der Waals surface area contributed by atoms with Crippen LogP contribution < -0.4 is 5.32 Å². The van der Waals surface area contributed by atoms with Crippen LogP contribution in [0.3, 0.4) is 0 Å². The van der Waals surface area contributed by atoms with Crippen LogP contribution in [0.4, 0.5) is 11.5 Å². The molecule has 1 heterocycles. The van der Waals surface area contributed by atoms with E-state index in [0.29, 0.717) is 22.3 Å². The van der Waals surface area contributed by atoms with Crippen molar-refractivity contribution in [3.63, 3.8) is 0 Å². The lowest BCUT2D eigenvalue weighted by Crippen LogP contribution is -2.32. The number of pyridine rings is 1. The van der Waals surface area contributed by atoms with E-state index in [0.717, 1.165) is 12.8 Å². The van der Waals surface area contributed by atoms with Gasteiger partial charge in [-0.25, -0.2) is 4.98 Å². The normalized spacial score (nSPS) is 21.9. The molecule has 1 aromatic rings. The number of aromatic nitrogens is 1. The predicted molar refractivity (Wildman–Crippen MR) is 75.6 cm³/mol. The smallest absolute Gasteiger partial charge is 0.289 e. The molecule has 1 fully saturated rings. The highest BCUT2D eigenvalue weighted by atomic mass is 35.5. The third kappa shape index (κ3) is 3.56. The molecule has 0 aromatic carbocycles. The Morgan fingerprint density at radius 3 is 2.89 bits per heavy atom. The fourth-order valence-corrected chi connectivity index (χ4v) is 2.86. The Bertz CT molecular complexity index is 491. The number of nitrogens with zero attached hydrogens (tertiary/aromatic N) is 2. The van der Waals surface area contributed by atoms with E-state index < -0.39 is 4.92 Å². The lowest BCUT2D eigenvalue weighted by molar-refractivity contribution is -0.385. The third-order valence-corrected chi connectivity index (χ3v) is 3.87. The molecule has 6 heteroatoms. The van der Waals surface area contributed by atoms with Gasteiger partial charge >= 0.3 is 0 Å². The van der Waals surface area contributed by atoms with E-state index in [1.165, 1.54) is 25.1 Å². The molecule has 5 nitrogen and oxygen atoms in total. The lowest BCUT2D eigenvalue weighted by Gasteiger charge is -2.35. The Balaban J connectivity index is 2.09. The summed E-state index contributed by atoms with van der Waals surface area (Å²) in [5.41, 5.74) is 0.239. The SMILES string of the molecule is CC1(C)CCCC(Nc2ncc([N+](=O)[O-])cc2Cl)C1. The fourth-order valence-electron chi connectivity index (χ4n) is 2.65. The molecule has 19 heavy (non-hydrogen) atoms. The van der Waals surface area contributed by atoms with Gasteiger partial charge in [-0.05, 0) is 24.7 Å². The molecule has 104 valence electrons. The van der Waals surface area contributed by atoms with Crippen LogP contribution in [0.25, 0.3) is 0 Å². The first-order chi connectivity index (χ1) is 8.87. The van der Waals surface area contributed by atoms with Crippen molar-refractivity contribution in [2.24, 2.45) is 5.41 Å². The van der Waals surface area contributed by atoms with Gasteiger partial charge in [0.05, 0.1) is 9.95 Å². The van der Waals surface area contributed by atoms with Crippen LogP contribution in [0, 0.1) is 15.5 Å². The van der Waals surface area contributed by atoms with E-state index in [1.54, 1.807) is 0 Å². The van der Waals surface area contributed by atoms with Crippen LogP contribution in [-0.2, 0) is 0 Å². The number of halogens is 1. The average Bonchev–Trinajstić information content (AvgIpc) is 2.30. The molecular formula is C13H18ClN3O2. The number of nitro groups is 1. The maximum Gasteiger partial charge on any atom is 0.289 e. The monoisotopic (exact) mass is 283 g/mol. The summed E-state index contributed by atoms with van der Waals surface area (Å²) >= 11 is 6.03. The summed E-state index contributed by atoms with van der Waals surface area (Å²) in [5.74, 6) is 0.537. The van der Waals surface area contributed by atoms with Gasteiger partial charge in [0.2, 0.25) is 0 Å².